The maximum absolute atomic E-state index is 11.8. The smallest absolute Gasteiger partial charge is 0.164 e. The normalized spacial score (nSPS) is 10.4. The largest absolute Gasteiger partial charge is 0.507 e. The van der Waals surface area contributed by atoms with Crippen molar-refractivity contribution >= 4 is 21.7 Å². The van der Waals surface area contributed by atoms with Crippen molar-refractivity contribution < 1.29 is 9.90 Å². The number of carbonyl (C=O) groups excluding carboxylic acids is 1. The van der Waals surface area contributed by atoms with Gasteiger partial charge in [-0.25, -0.2) is 0 Å². The number of phenolic OH excluding ortho intramolecular Hbond substituents is 1. The predicted octanol–water partition coefficient (Wildman–Crippen LogP) is 2.30. The van der Waals surface area contributed by atoms with Gasteiger partial charge in [-0.15, -0.1) is 0 Å². The fourth-order valence-electron chi connectivity index (χ4n) is 1.62. The fourth-order valence-corrected chi connectivity index (χ4v) is 1.94. The molecule has 0 radical (unpaired) electrons. The van der Waals surface area contributed by atoms with E-state index in [1.54, 1.807) is 13.0 Å². The lowest BCUT2D eigenvalue weighted by Gasteiger charge is -2.11. The molecule has 0 saturated carbocycles. The highest BCUT2D eigenvalue weighted by molar-refractivity contribution is 9.10. The summed E-state index contributed by atoms with van der Waals surface area (Å²) in [5.74, 6) is 0.183. The van der Waals surface area contributed by atoms with E-state index in [0.29, 0.717) is 23.0 Å². The maximum atomic E-state index is 11.8. The summed E-state index contributed by atoms with van der Waals surface area (Å²) in [6, 6.07) is 1.58. The second kappa shape index (κ2) is 4.77. The van der Waals surface area contributed by atoms with E-state index in [4.69, 9.17) is 5.73 Å². The Kier molecular flexibility index (Phi) is 3.88. The van der Waals surface area contributed by atoms with Crippen LogP contribution in [0.2, 0.25) is 0 Å². The molecule has 1 rings (SSSR count). The number of halogens is 1. The van der Waals surface area contributed by atoms with Crippen LogP contribution < -0.4 is 5.73 Å². The number of rotatable bonds is 3. The van der Waals surface area contributed by atoms with Gasteiger partial charge >= 0.3 is 0 Å². The van der Waals surface area contributed by atoms with Gasteiger partial charge in [0.05, 0.1) is 4.47 Å². The molecule has 0 amide bonds. The van der Waals surface area contributed by atoms with Crippen LogP contribution in [0.25, 0.3) is 0 Å². The van der Waals surface area contributed by atoms with Crippen molar-refractivity contribution in [2.45, 2.75) is 20.3 Å². The molecular formula is C11H14BrNO2. The molecule has 0 aliphatic rings. The van der Waals surface area contributed by atoms with Crippen LogP contribution in [0, 0.1) is 13.8 Å². The summed E-state index contributed by atoms with van der Waals surface area (Å²) in [6.07, 6.45) is 0.332. The Morgan fingerprint density at radius 2 is 2.13 bits per heavy atom. The molecule has 0 atom stereocenters. The number of hydrogen-bond donors (Lipinski definition) is 2. The summed E-state index contributed by atoms with van der Waals surface area (Å²) in [4.78, 5) is 11.8. The average Bonchev–Trinajstić information content (AvgIpc) is 2.15. The van der Waals surface area contributed by atoms with Gasteiger partial charge in [0.25, 0.3) is 0 Å². The van der Waals surface area contributed by atoms with Gasteiger partial charge in [0.2, 0.25) is 0 Å². The molecular weight excluding hydrogens is 258 g/mol. The van der Waals surface area contributed by atoms with Crippen LogP contribution in [0.5, 0.6) is 5.75 Å². The van der Waals surface area contributed by atoms with Crippen LogP contribution in [0.3, 0.4) is 0 Å². The summed E-state index contributed by atoms with van der Waals surface area (Å²) in [6.45, 7) is 3.96. The Morgan fingerprint density at radius 1 is 1.53 bits per heavy atom. The summed E-state index contributed by atoms with van der Waals surface area (Å²) < 4.78 is 0.577. The second-order valence-corrected chi connectivity index (χ2v) is 4.28. The zero-order chi connectivity index (χ0) is 11.6. The SMILES string of the molecule is Cc1cc(O)c(Br)c(C)c1C(=O)CCN. The Hall–Kier alpha value is -0.870. The molecule has 1 aromatic rings. The summed E-state index contributed by atoms with van der Waals surface area (Å²) in [5.41, 5.74) is 7.56. The molecule has 0 aliphatic carbocycles. The van der Waals surface area contributed by atoms with E-state index in [0.717, 1.165) is 11.1 Å². The molecule has 0 unspecified atom stereocenters. The minimum Gasteiger partial charge on any atom is -0.507 e. The number of Topliss-reactive ketones (excluding diaryl/α,β-unsaturated/α-hetero) is 1. The monoisotopic (exact) mass is 271 g/mol. The molecule has 0 bridgehead atoms. The fraction of sp³-hybridized carbons (Fsp3) is 0.364. The van der Waals surface area contributed by atoms with Gasteiger partial charge in [-0.2, -0.15) is 0 Å². The van der Waals surface area contributed by atoms with Crippen molar-refractivity contribution in [3.05, 3.63) is 27.2 Å². The molecule has 4 heteroatoms. The van der Waals surface area contributed by atoms with E-state index in [2.05, 4.69) is 15.9 Å². The predicted molar refractivity (Wildman–Crippen MR) is 63.3 cm³/mol. The standard InChI is InChI=1S/C11H14BrNO2/c1-6-5-9(15)11(12)7(2)10(6)8(14)3-4-13/h5,15H,3-4,13H2,1-2H3. The van der Waals surface area contributed by atoms with Crippen molar-refractivity contribution in [2.75, 3.05) is 6.54 Å². The van der Waals surface area contributed by atoms with Gasteiger partial charge in [-0.3, -0.25) is 4.79 Å². The Labute approximate surface area is 97.4 Å². The lowest BCUT2D eigenvalue weighted by Crippen LogP contribution is -2.11. The van der Waals surface area contributed by atoms with E-state index < -0.39 is 0 Å². The minimum atomic E-state index is 0.0215. The van der Waals surface area contributed by atoms with Gasteiger partial charge < -0.3 is 10.8 Å². The van der Waals surface area contributed by atoms with Crippen molar-refractivity contribution in [1.82, 2.24) is 0 Å². The molecule has 0 aliphatic heterocycles. The number of ketones is 1. The molecule has 0 saturated heterocycles. The van der Waals surface area contributed by atoms with Crippen molar-refractivity contribution in [3.8, 4) is 5.75 Å². The third-order valence-electron chi connectivity index (χ3n) is 2.33. The zero-order valence-electron chi connectivity index (χ0n) is 8.80. The van der Waals surface area contributed by atoms with Crippen molar-refractivity contribution in [1.29, 1.82) is 0 Å². The number of carbonyl (C=O) groups is 1. The Balaban J connectivity index is 3.29. The molecule has 0 aromatic heterocycles. The summed E-state index contributed by atoms with van der Waals surface area (Å²) >= 11 is 3.25. The maximum Gasteiger partial charge on any atom is 0.164 e. The van der Waals surface area contributed by atoms with Gasteiger partial charge in [0.1, 0.15) is 5.75 Å². The van der Waals surface area contributed by atoms with E-state index in [9.17, 15) is 9.90 Å². The first kappa shape index (κ1) is 12.2. The van der Waals surface area contributed by atoms with E-state index in [1.807, 2.05) is 6.92 Å². The molecule has 0 heterocycles. The molecule has 15 heavy (non-hydrogen) atoms. The lowest BCUT2D eigenvalue weighted by molar-refractivity contribution is 0.0984. The van der Waals surface area contributed by atoms with Gasteiger partial charge in [0, 0.05) is 12.0 Å². The molecule has 0 spiro atoms. The first-order valence-electron chi connectivity index (χ1n) is 4.71. The minimum absolute atomic E-state index is 0.0215. The summed E-state index contributed by atoms with van der Waals surface area (Å²) in [7, 11) is 0. The first-order chi connectivity index (χ1) is 6.99. The summed E-state index contributed by atoms with van der Waals surface area (Å²) in [5, 5.41) is 9.53. The van der Waals surface area contributed by atoms with Crippen LogP contribution in [-0.2, 0) is 0 Å². The van der Waals surface area contributed by atoms with Crippen LogP contribution >= 0.6 is 15.9 Å². The third-order valence-corrected chi connectivity index (χ3v) is 3.33. The van der Waals surface area contributed by atoms with Crippen LogP contribution in [0.1, 0.15) is 27.9 Å². The molecule has 0 fully saturated rings. The van der Waals surface area contributed by atoms with E-state index in [1.165, 1.54) is 0 Å². The van der Waals surface area contributed by atoms with Crippen LogP contribution in [0.4, 0.5) is 0 Å². The number of phenols is 1. The number of aromatic hydroxyl groups is 1. The first-order valence-corrected chi connectivity index (χ1v) is 5.50. The molecule has 82 valence electrons. The topological polar surface area (TPSA) is 63.3 Å². The molecule has 3 N–H and O–H groups in total. The third kappa shape index (κ3) is 2.38. The molecule has 3 nitrogen and oxygen atoms in total. The zero-order valence-corrected chi connectivity index (χ0v) is 10.4. The van der Waals surface area contributed by atoms with Crippen LogP contribution in [0.15, 0.2) is 10.5 Å². The van der Waals surface area contributed by atoms with Crippen molar-refractivity contribution in [3.63, 3.8) is 0 Å². The van der Waals surface area contributed by atoms with E-state index >= 15 is 0 Å². The van der Waals surface area contributed by atoms with Gasteiger partial charge in [0.15, 0.2) is 5.78 Å². The van der Waals surface area contributed by atoms with Gasteiger partial charge in [-0.05, 0) is 53.5 Å². The highest BCUT2D eigenvalue weighted by Crippen LogP contribution is 2.32. The number of aryl methyl sites for hydroxylation is 1. The van der Waals surface area contributed by atoms with Crippen molar-refractivity contribution in [2.24, 2.45) is 5.73 Å². The number of nitrogens with two attached hydrogens (primary N) is 1. The van der Waals surface area contributed by atoms with Crippen LogP contribution in [-0.4, -0.2) is 17.4 Å². The number of hydrogen-bond acceptors (Lipinski definition) is 3. The highest BCUT2D eigenvalue weighted by Gasteiger charge is 2.16. The Morgan fingerprint density at radius 3 is 2.67 bits per heavy atom. The highest BCUT2D eigenvalue weighted by atomic mass is 79.9. The number of benzene rings is 1. The average molecular weight is 272 g/mol. The quantitative estimate of drug-likeness (QED) is 0.830. The second-order valence-electron chi connectivity index (χ2n) is 3.49. The lowest BCUT2D eigenvalue weighted by atomic mass is 9.97. The van der Waals surface area contributed by atoms with E-state index in [-0.39, 0.29) is 11.5 Å². The van der Waals surface area contributed by atoms with Gasteiger partial charge in [-0.1, -0.05) is 0 Å². The molecule has 1 aromatic carbocycles. The Bertz CT molecular complexity index is 402.